The zero-order valence-corrected chi connectivity index (χ0v) is 23.8. The fraction of sp³-hybridized carbons (Fsp3) is 0.417. The van der Waals surface area contributed by atoms with Gasteiger partial charge in [-0.05, 0) is 37.1 Å². The number of hydrogen-bond donors (Lipinski definition) is 1. The Kier molecular flexibility index (Phi) is 11.2. The van der Waals surface area contributed by atoms with Gasteiger partial charge in [0.15, 0.2) is 0 Å². The summed E-state index contributed by atoms with van der Waals surface area (Å²) in [6.45, 7) is 3.01. The number of non-ortho nitro benzene ring substituents is 1. The molecule has 2 amide bonds. The third kappa shape index (κ3) is 8.20. The van der Waals surface area contributed by atoms with Gasteiger partial charge in [0.2, 0.25) is 21.8 Å². The first kappa shape index (κ1) is 31.1. The van der Waals surface area contributed by atoms with E-state index in [9.17, 15) is 28.1 Å². The van der Waals surface area contributed by atoms with Crippen LogP contribution < -0.4 is 14.4 Å². The Hall–Kier alpha value is -3.09. The van der Waals surface area contributed by atoms with E-state index in [1.807, 2.05) is 6.92 Å². The van der Waals surface area contributed by atoms with Crippen LogP contribution in [0.25, 0.3) is 0 Å². The van der Waals surface area contributed by atoms with Gasteiger partial charge >= 0.3 is 0 Å². The highest BCUT2D eigenvalue weighted by atomic mass is 35.5. The summed E-state index contributed by atoms with van der Waals surface area (Å²) in [5, 5.41) is 14.7. The third-order valence-electron chi connectivity index (χ3n) is 5.67. The molecule has 0 aliphatic carbocycles. The van der Waals surface area contributed by atoms with Crippen LogP contribution in [-0.2, 0) is 26.2 Å². The number of amides is 2. The number of carbonyl (C=O) groups excluding carboxylic acids is 2. The van der Waals surface area contributed by atoms with Crippen LogP contribution in [0.15, 0.2) is 36.4 Å². The average molecular weight is 589 g/mol. The number of hydrogen-bond acceptors (Lipinski definition) is 7. The lowest BCUT2D eigenvalue weighted by Crippen LogP contribution is -2.51. The van der Waals surface area contributed by atoms with E-state index in [0.29, 0.717) is 21.4 Å². The van der Waals surface area contributed by atoms with E-state index in [4.69, 9.17) is 27.9 Å². The lowest BCUT2D eigenvalue weighted by Gasteiger charge is -2.32. The van der Waals surface area contributed by atoms with Crippen molar-refractivity contribution in [2.24, 2.45) is 0 Å². The minimum atomic E-state index is -4.13. The standard InChI is InChI=1S/C24H30Cl2N4O7S/c1-5-6-11-27-24(32)16(2)28(14-17-7-8-18(25)12-20(17)26)23(31)15-29(38(4,35)36)21-13-19(30(33)34)9-10-22(21)37-3/h7-10,12-13,16H,5-6,11,14-15H2,1-4H3,(H,27,32)/t16-/m1/s1. The molecule has 208 valence electrons. The maximum absolute atomic E-state index is 13.6. The molecule has 2 aromatic rings. The molecule has 1 atom stereocenters. The first-order valence-corrected chi connectivity index (χ1v) is 14.2. The van der Waals surface area contributed by atoms with Crippen molar-refractivity contribution in [1.29, 1.82) is 0 Å². The molecule has 2 aromatic carbocycles. The molecular weight excluding hydrogens is 559 g/mol. The first-order valence-electron chi connectivity index (χ1n) is 11.6. The van der Waals surface area contributed by atoms with E-state index in [1.165, 1.54) is 31.1 Å². The number of methoxy groups -OCH3 is 1. The molecule has 0 spiro atoms. The van der Waals surface area contributed by atoms with Gasteiger partial charge in [-0.3, -0.25) is 24.0 Å². The zero-order chi connectivity index (χ0) is 28.6. The molecule has 11 nitrogen and oxygen atoms in total. The molecule has 0 radical (unpaired) electrons. The Balaban J connectivity index is 2.51. The highest BCUT2D eigenvalue weighted by molar-refractivity contribution is 7.92. The smallest absolute Gasteiger partial charge is 0.271 e. The molecule has 1 N–H and O–H groups in total. The molecule has 14 heteroatoms. The number of ether oxygens (including phenoxy) is 1. The number of nitrogens with zero attached hydrogens (tertiary/aromatic N) is 3. The van der Waals surface area contributed by atoms with Crippen molar-refractivity contribution >= 4 is 56.4 Å². The van der Waals surface area contributed by atoms with Gasteiger partial charge in [-0.2, -0.15) is 0 Å². The number of halogens is 2. The fourth-order valence-electron chi connectivity index (χ4n) is 3.53. The largest absolute Gasteiger partial charge is 0.495 e. The molecule has 38 heavy (non-hydrogen) atoms. The lowest BCUT2D eigenvalue weighted by molar-refractivity contribution is -0.384. The number of benzene rings is 2. The van der Waals surface area contributed by atoms with E-state index in [0.717, 1.165) is 31.2 Å². The summed E-state index contributed by atoms with van der Waals surface area (Å²) in [7, 11) is -2.86. The van der Waals surface area contributed by atoms with Crippen LogP contribution in [0, 0.1) is 10.1 Å². The second kappa shape index (κ2) is 13.6. The number of carbonyl (C=O) groups is 2. The number of sulfonamides is 1. The van der Waals surface area contributed by atoms with Crippen LogP contribution in [0.2, 0.25) is 10.0 Å². The Morgan fingerprint density at radius 2 is 1.87 bits per heavy atom. The highest BCUT2D eigenvalue weighted by Crippen LogP contribution is 2.34. The number of unbranched alkanes of at least 4 members (excludes halogenated alkanes) is 1. The predicted octanol–water partition coefficient (Wildman–Crippen LogP) is 4.01. The average Bonchev–Trinajstić information content (AvgIpc) is 2.85. The summed E-state index contributed by atoms with van der Waals surface area (Å²) in [5.74, 6) is -1.17. The van der Waals surface area contributed by atoms with Crippen LogP contribution in [0.3, 0.4) is 0 Å². The lowest BCUT2D eigenvalue weighted by atomic mass is 10.1. The Labute approximate surface area is 231 Å². The van der Waals surface area contributed by atoms with Gasteiger partial charge < -0.3 is 15.0 Å². The monoisotopic (exact) mass is 588 g/mol. The zero-order valence-electron chi connectivity index (χ0n) is 21.4. The SMILES string of the molecule is CCCCNC(=O)[C@@H](C)N(Cc1ccc(Cl)cc1Cl)C(=O)CN(c1cc([N+](=O)[O-])ccc1OC)S(C)(=O)=O. The van der Waals surface area contributed by atoms with Crippen molar-refractivity contribution in [3.05, 3.63) is 62.1 Å². The minimum Gasteiger partial charge on any atom is -0.495 e. The van der Waals surface area contributed by atoms with Gasteiger partial charge in [-0.25, -0.2) is 8.42 Å². The summed E-state index contributed by atoms with van der Waals surface area (Å²) in [6.07, 6.45) is 2.45. The van der Waals surface area contributed by atoms with E-state index in [1.54, 1.807) is 12.1 Å². The number of nitro groups is 1. The van der Waals surface area contributed by atoms with E-state index < -0.39 is 45.0 Å². The van der Waals surface area contributed by atoms with Gasteiger partial charge in [-0.15, -0.1) is 0 Å². The number of rotatable bonds is 13. The Morgan fingerprint density at radius 1 is 1.18 bits per heavy atom. The molecule has 0 heterocycles. The third-order valence-corrected chi connectivity index (χ3v) is 7.39. The first-order chi connectivity index (χ1) is 17.8. The van der Waals surface area contributed by atoms with Crippen molar-refractivity contribution in [3.63, 3.8) is 0 Å². The van der Waals surface area contributed by atoms with Gasteiger partial charge in [0.05, 0.1) is 18.3 Å². The van der Waals surface area contributed by atoms with Gasteiger partial charge in [0, 0.05) is 35.3 Å². The van der Waals surface area contributed by atoms with Crippen LogP contribution >= 0.6 is 23.2 Å². The Bertz CT molecular complexity index is 1290. The molecule has 2 rings (SSSR count). The van der Waals surface area contributed by atoms with Crippen LogP contribution in [0.4, 0.5) is 11.4 Å². The topological polar surface area (TPSA) is 139 Å². The van der Waals surface area contributed by atoms with Crippen LogP contribution in [0.5, 0.6) is 5.75 Å². The van der Waals surface area contributed by atoms with Crippen molar-refractivity contribution in [3.8, 4) is 5.75 Å². The molecular formula is C24H30Cl2N4O7S. The van der Waals surface area contributed by atoms with Crippen molar-refractivity contribution in [2.75, 3.05) is 30.8 Å². The molecule has 0 saturated carbocycles. The van der Waals surface area contributed by atoms with Crippen molar-refractivity contribution in [1.82, 2.24) is 10.2 Å². The predicted molar refractivity (Wildman–Crippen MR) is 146 cm³/mol. The Morgan fingerprint density at radius 3 is 2.42 bits per heavy atom. The van der Waals surface area contributed by atoms with E-state index in [-0.39, 0.29) is 23.0 Å². The highest BCUT2D eigenvalue weighted by Gasteiger charge is 2.32. The molecule has 0 unspecified atom stereocenters. The molecule has 0 aliphatic rings. The summed E-state index contributed by atoms with van der Waals surface area (Å²) >= 11 is 12.3. The molecule has 0 aromatic heterocycles. The van der Waals surface area contributed by atoms with Crippen molar-refractivity contribution < 1.29 is 27.7 Å². The van der Waals surface area contributed by atoms with Gasteiger partial charge in [0.25, 0.3) is 5.69 Å². The number of nitro benzene ring substituents is 1. The van der Waals surface area contributed by atoms with Crippen LogP contribution in [0.1, 0.15) is 32.3 Å². The van der Waals surface area contributed by atoms with Gasteiger partial charge in [0.1, 0.15) is 24.0 Å². The minimum absolute atomic E-state index is 0.00600. The molecule has 0 bridgehead atoms. The van der Waals surface area contributed by atoms with Crippen LogP contribution in [-0.4, -0.2) is 62.6 Å². The maximum atomic E-state index is 13.6. The fourth-order valence-corrected chi connectivity index (χ4v) is 4.85. The summed E-state index contributed by atoms with van der Waals surface area (Å²) in [6, 6.07) is 7.07. The second-order valence-corrected chi connectivity index (χ2v) is 11.2. The van der Waals surface area contributed by atoms with Gasteiger partial charge in [-0.1, -0.05) is 42.6 Å². The second-order valence-electron chi connectivity index (χ2n) is 8.46. The maximum Gasteiger partial charge on any atom is 0.271 e. The molecule has 0 saturated heterocycles. The summed E-state index contributed by atoms with van der Waals surface area (Å²) < 4.78 is 31.5. The van der Waals surface area contributed by atoms with Crippen molar-refractivity contribution in [2.45, 2.75) is 39.3 Å². The van der Waals surface area contributed by atoms with E-state index >= 15 is 0 Å². The number of nitrogens with one attached hydrogen (secondary N) is 1. The quantitative estimate of drug-likeness (QED) is 0.212. The molecule has 0 aliphatic heterocycles. The number of anilines is 1. The summed E-state index contributed by atoms with van der Waals surface area (Å²) in [4.78, 5) is 38.4. The summed E-state index contributed by atoms with van der Waals surface area (Å²) in [5.41, 5.74) is -0.103. The molecule has 0 fully saturated rings. The van der Waals surface area contributed by atoms with E-state index in [2.05, 4.69) is 5.32 Å². The normalized spacial score (nSPS) is 11.9.